The number of ketones is 1. The molecule has 0 aromatic carbocycles. The summed E-state index contributed by atoms with van der Waals surface area (Å²) in [4.78, 5) is 24.4. The lowest BCUT2D eigenvalue weighted by Crippen LogP contribution is -2.37. The van der Waals surface area contributed by atoms with Gasteiger partial charge in [-0.1, -0.05) is 32.1 Å². The third-order valence-electron chi connectivity index (χ3n) is 4.64. The number of hydrogen-bond acceptors (Lipinski definition) is 3. The van der Waals surface area contributed by atoms with Crippen molar-refractivity contribution in [3.05, 3.63) is 0 Å². The second-order valence-corrected chi connectivity index (χ2v) is 5.76. The van der Waals surface area contributed by atoms with Crippen molar-refractivity contribution in [3.63, 3.8) is 0 Å². The van der Waals surface area contributed by atoms with Crippen molar-refractivity contribution in [2.24, 2.45) is 17.8 Å². The third-order valence-corrected chi connectivity index (χ3v) is 4.64. The highest BCUT2D eigenvalue weighted by molar-refractivity contribution is 5.88. The molecule has 2 fully saturated rings. The molecular weight excluding hydrogens is 228 g/mol. The summed E-state index contributed by atoms with van der Waals surface area (Å²) in [6.07, 6.45) is 9.51. The first kappa shape index (κ1) is 13.6. The van der Waals surface area contributed by atoms with Crippen LogP contribution in [0, 0.1) is 17.8 Å². The summed E-state index contributed by atoms with van der Waals surface area (Å²) >= 11 is 0. The number of carbonyl (C=O) groups is 2. The average Bonchev–Trinajstić information content (AvgIpc) is 2.46. The lowest BCUT2D eigenvalue weighted by atomic mass is 9.71. The van der Waals surface area contributed by atoms with Crippen LogP contribution in [0.15, 0.2) is 0 Å². The van der Waals surface area contributed by atoms with E-state index >= 15 is 0 Å². The molecule has 0 radical (unpaired) electrons. The Labute approximate surface area is 109 Å². The van der Waals surface area contributed by atoms with Gasteiger partial charge in [-0.05, 0) is 25.7 Å². The van der Waals surface area contributed by atoms with Crippen LogP contribution in [0.2, 0.25) is 0 Å². The molecule has 3 nitrogen and oxygen atoms in total. The summed E-state index contributed by atoms with van der Waals surface area (Å²) in [5.74, 6) is 0.162. The molecule has 0 bridgehead atoms. The van der Waals surface area contributed by atoms with Gasteiger partial charge in [0.2, 0.25) is 0 Å². The van der Waals surface area contributed by atoms with Crippen molar-refractivity contribution in [1.29, 1.82) is 0 Å². The van der Waals surface area contributed by atoms with Crippen molar-refractivity contribution in [2.45, 2.75) is 57.8 Å². The largest absolute Gasteiger partial charge is 0.469 e. The van der Waals surface area contributed by atoms with Crippen LogP contribution in [-0.2, 0) is 14.3 Å². The van der Waals surface area contributed by atoms with Gasteiger partial charge >= 0.3 is 5.97 Å². The van der Waals surface area contributed by atoms with E-state index in [1.807, 2.05) is 0 Å². The molecule has 2 atom stereocenters. The number of ether oxygens (including phenoxy) is 1. The van der Waals surface area contributed by atoms with E-state index in [9.17, 15) is 9.59 Å². The van der Waals surface area contributed by atoms with Gasteiger partial charge in [-0.3, -0.25) is 9.59 Å². The van der Waals surface area contributed by atoms with Gasteiger partial charge in [-0.25, -0.2) is 0 Å². The van der Waals surface area contributed by atoms with Crippen LogP contribution in [0.3, 0.4) is 0 Å². The predicted octanol–water partition coefficient (Wildman–Crippen LogP) is 3.12. The molecule has 2 saturated carbocycles. The normalized spacial score (nSPS) is 29.8. The molecule has 2 aliphatic rings. The topological polar surface area (TPSA) is 43.4 Å². The lowest BCUT2D eigenvalue weighted by Gasteiger charge is -2.32. The summed E-state index contributed by atoms with van der Waals surface area (Å²) in [6, 6.07) is 0. The summed E-state index contributed by atoms with van der Waals surface area (Å²) in [7, 11) is 1.43. The first-order valence-corrected chi connectivity index (χ1v) is 7.35. The van der Waals surface area contributed by atoms with E-state index < -0.39 is 0 Å². The van der Waals surface area contributed by atoms with Crippen LogP contribution in [0.1, 0.15) is 57.8 Å². The maximum absolute atomic E-state index is 12.6. The van der Waals surface area contributed by atoms with E-state index in [0.717, 1.165) is 38.5 Å². The maximum Gasteiger partial charge on any atom is 0.309 e. The van der Waals surface area contributed by atoms with Crippen LogP contribution in [0.5, 0.6) is 0 Å². The minimum atomic E-state index is -0.177. The predicted molar refractivity (Wildman–Crippen MR) is 69.0 cm³/mol. The lowest BCUT2D eigenvalue weighted by molar-refractivity contribution is -0.152. The molecule has 2 aliphatic carbocycles. The molecule has 0 spiro atoms. The Balaban J connectivity index is 2.03. The van der Waals surface area contributed by atoms with Crippen molar-refractivity contribution in [1.82, 2.24) is 0 Å². The van der Waals surface area contributed by atoms with E-state index in [0.29, 0.717) is 5.78 Å². The molecule has 18 heavy (non-hydrogen) atoms. The highest BCUT2D eigenvalue weighted by Gasteiger charge is 2.39. The Bertz CT molecular complexity index is 305. The zero-order valence-electron chi connectivity index (χ0n) is 11.3. The van der Waals surface area contributed by atoms with Gasteiger partial charge in [0.05, 0.1) is 13.0 Å². The van der Waals surface area contributed by atoms with Crippen molar-refractivity contribution in [3.8, 4) is 0 Å². The number of carbonyl (C=O) groups excluding carboxylic acids is 2. The van der Waals surface area contributed by atoms with Crippen LogP contribution < -0.4 is 0 Å². The Hall–Kier alpha value is -0.860. The third kappa shape index (κ3) is 2.93. The Morgan fingerprint density at radius 1 is 0.833 bits per heavy atom. The SMILES string of the molecule is COC(=O)C1CCCCC1C(=O)C1CCCCC1. The highest BCUT2D eigenvalue weighted by Crippen LogP contribution is 2.36. The van der Waals surface area contributed by atoms with E-state index in [1.54, 1.807) is 0 Å². The van der Waals surface area contributed by atoms with Gasteiger partial charge in [0.15, 0.2) is 0 Å². The molecule has 0 aliphatic heterocycles. The van der Waals surface area contributed by atoms with Gasteiger partial charge in [0, 0.05) is 11.8 Å². The molecule has 102 valence electrons. The molecule has 0 aromatic rings. The smallest absolute Gasteiger partial charge is 0.309 e. The fourth-order valence-electron chi connectivity index (χ4n) is 3.59. The van der Waals surface area contributed by atoms with Crippen molar-refractivity contribution in [2.75, 3.05) is 7.11 Å². The highest BCUT2D eigenvalue weighted by atomic mass is 16.5. The Morgan fingerprint density at radius 3 is 2.00 bits per heavy atom. The Morgan fingerprint density at radius 2 is 1.39 bits per heavy atom. The van der Waals surface area contributed by atoms with Gasteiger partial charge in [-0.15, -0.1) is 0 Å². The Kier molecular flexibility index (Phi) is 4.79. The van der Waals surface area contributed by atoms with E-state index in [2.05, 4.69) is 0 Å². The summed E-state index contributed by atoms with van der Waals surface area (Å²) in [5, 5.41) is 0. The van der Waals surface area contributed by atoms with Gasteiger partial charge in [-0.2, -0.15) is 0 Å². The fraction of sp³-hybridized carbons (Fsp3) is 0.867. The molecule has 0 aromatic heterocycles. The number of methoxy groups -OCH3 is 1. The number of Topliss-reactive ketones (excluding diaryl/α,β-unsaturated/α-hetero) is 1. The zero-order chi connectivity index (χ0) is 13.0. The van der Waals surface area contributed by atoms with Crippen LogP contribution in [0.25, 0.3) is 0 Å². The molecule has 3 heteroatoms. The van der Waals surface area contributed by atoms with E-state index in [4.69, 9.17) is 4.74 Å². The molecule has 0 amide bonds. The molecule has 2 unspecified atom stereocenters. The second-order valence-electron chi connectivity index (χ2n) is 5.76. The molecule has 2 rings (SSSR count). The van der Waals surface area contributed by atoms with Crippen LogP contribution in [-0.4, -0.2) is 18.9 Å². The van der Waals surface area contributed by atoms with Gasteiger partial charge < -0.3 is 4.74 Å². The van der Waals surface area contributed by atoms with Crippen molar-refractivity contribution >= 4 is 11.8 Å². The number of rotatable bonds is 3. The van der Waals surface area contributed by atoms with Crippen LogP contribution in [0.4, 0.5) is 0 Å². The maximum atomic E-state index is 12.6. The molecule has 0 saturated heterocycles. The van der Waals surface area contributed by atoms with E-state index in [-0.39, 0.29) is 23.7 Å². The van der Waals surface area contributed by atoms with Gasteiger partial charge in [0.25, 0.3) is 0 Å². The fourth-order valence-corrected chi connectivity index (χ4v) is 3.59. The summed E-state index contributed by atoms with van der Waals surface area (Å²) in [5.41, 5.74) is 0. The average molecular weight is 252 g/mol. The summed E-state index contributed by atoms with van der Waals surface area (Å²) in [6.45, 7) is 0. The number of hydrogen-bond donors (Lipinski definition) is 0. The van der Waals surface area contributed by atoms with Crippen molar-refractivity contribution < 1.29 is 14.3 Å². The molecular formula is C15H24O3. The quantitative estimate of drug-likeness (QED) is 0.725. The first-order valence-electron chi connectivity index (χ1n) is 7.35. The standard InChI is InChI=1S/C15H24O3/c1-18-15(17)13-10-6-5-9-12(13)14(16)11-7-3-2-4-8-11/h11-13H,2-10H2,1H3. The monoisotopic (exact) mass is 252 g/mol. The van der Waals surface area contributed by atoms with Gasteiger partial charge in [0.1, 0.15) is 5.78 Å². The first-order chi connectivity index (χ1) is 8.74. The number of esters is 1. The zero-order valence-corrected chi connectivity index (χ0v) is 11.3. The minimum absolute atomic E-state index is 0.0608. The molecule has 0 N–H and O–H groups in total. The molecule has 0 heterocycles. The second kappa shape index (κ2) is 6.35. The minimum Gasteiger partial charge on any atom is -0.469 e. The van der Waals surface area contributed by atoms with E-state index in [1.165, 1.54) is 26.4 Å². The summed E-state index contributed by atoms with van der Waals surface area (Å²) < 4.78 is 4.87. The van der Waals surface area contributed by atoms with Crippen LogP contribution >= 0.6 is 0 Å².